The summed E-state index contributed by atoms with van der Waals surface area (Å²) in [6, 6.07) is 16.1. The van der Waals surface area contributed by atoms with E-state index in [0.29, 0.717) is 33.9 Å². The third kappa shape index (κ3) is 3.32. The lowest BCUT2D eigenvalue weighted by molar-refractivity contribution is -0.112. The number of carbonyl (C=O) groups excluding carboxylic acids is 2. The van der Waals surface area contributed by atoms with E-state index in [4.69, 9.17) is 9.47 Å². The number of aryl methyl sites for hydroxylation is 1. The normalized spacial score (nSPS) is 14.9. The maximum Gasteiger partial charge on any atom is 0.266 e. The van der Waals surface area contributed by atoms with E-state index >= 15 is 0 Å². The molecule has 0 N–H and O–H groups in total. The monoisotopic (exact) mass is 405 g/mol. The van der Waals surface area contributed by atoms with Gasteiger partial charge in [0.15, 0.2) is 0 Å². The molecular weight excluding hydrogens is 386 g/mol. The SMILES string of the molecule is COc1ccc2c(c1)C(=O)N(c1ccccc1OC)C(=O)/C2=C/c1ccc(C)s1. The summed E-state index contributed by atoms with van der Waals surface area (Å²) in [7, 11) is 3.06. The van der Waals surface area contributed by atoms with Crippen molar-refractivity contribution in [3.05, 3.63) is 75.5 Å². The van der Waals surface area contributed by atoms with Gasteiger partial charge < -0.3 is 9.47 Å². The molecule has 2 amide bonds. The van der Waals surface area contributed by atoms with E-state index in [-0.39, 0.29) is 5.91 Å². The minimum atomic E-state index is -0.409. The summed E-state index contributed by atoms with van der Waals surface area (Å²) < 4.78 is 10.7. The van der Waals surface area contributed by atoms with E-state index in [1.54, 1.807) is 60.9 Å². The minimum Gasteiger partial charge on any atom is -0.497 e. The number of amides is 2. The second-order valence-electron chi connectivity index (χ2n) is 6.54. The van der Waals surface area contributed by atoms with Crippen molar-refractivity contribution in [3.63, 3.8) is 0 Å². The molecule has 4 rings (SSSR count). The van der Waals surface area contributed by atoms with Crippen molar-refractivity contribution in [1.29, 1.82) is 0 Å². The molecule has 2 aromatic carbocycles. The summed E-state index contributed by atoms with van der Waals surface area (Å²) in [5.74, 6) is 0.209. The molecule has 2 heterocycles. The lowest BCUT2D eigenvalue weighted by Gasteiger charge is -2.29. The summed E-state index contributed by atoms with van der Waals surface area (Å²) in [5.41, 5.74) is 1.87. The van der Waals surface area contributed by atoms with Gasteiger partial charge in [0, 0.05) is 20.9 Å². The highest BCUT2D eigenvalue weighted by Crippen LogP contribution is 2.38. The molecule has 0 fully saturated rings. The summed E-state index contributed by atoms with van der Waals surface area (Å²) in [6.07, 6.45) is 1.83. The second-order valence-corrected chi connectivity index (χ2v) is 7.85. The molecule has 1 aliphatic heterocycles. The number of hydrogen-bond acceptors (Lipinski definition) is 5. The Hall–Kier alpha value is -3.38. The van der Waals surface area contributed by atoms with Gasteiger partial charge in [-0.05, 0) is 55.5 Å². The van der Waals surface area contributed by atoms with Gasteiger partial charge in [0.05, 0.1) is 25.5 Å². The number of hydrogen-bond donors (Lipinski definition) is 0. The molecule has 1 aromatic heterocycles. The zero-order valence-electron chi connectivity index (χ0n) is 16.3. The van der Waals surface area contributed by atoms with Crippen LogP contribution in [-0.2, 0) is 4.79 Å². The van der Waals surface area contributed by atoms with Crippen molar-refractivity contribution in [2.45, 2.75) is 6.92 Å². The number of rotatable bonds is 4. The smallest absolute Gasteiger partial charge is 0.266 e. The molecule has 3 aromatic rings. The van der Waals surface area contributed by atoms with Gasteiger partial charge in [-0.1, -0.05) is 12.1 Å². The van der Waals surface area contributed by atoms with E-state index in [0.717, 1.165) is 9.75 Å². The van der Waals surface area contributed by atoms with Crippen LogP contribution >= 0.6 is 11.3 Å². The standard InChI is InChI=1S/C23H19NO4S/c1-14-8-10-16(29-14)13-19-17-11-9-15(27-2)12-18(17)22(25)24(23(19)26)20-6-4-5-7-21(20)28-3/h4-13H,1-3H3/b19-13+. The molecule has 0 unspecified atom stereocenters. The Bertz CT molecular complexity index is 1150. The average Bonchev–Trinajstić information content (AvgIpc) is 3.16. The Balaban J connectivity index is 1.94. The Kier molecular flexibility index (Phi) is 4.94. The number of methoxy groups -OCH3 is 2. The first-order chi connectivity index (χ1) is 14.0. The largest absolute Gasteiger partial charge is 0.497 e. The van der Waals surface area contributed by atoms with Crippen LogP contribution in [0.1, 0.15) is 25.7 Å². The van der Waals surface area contributed by atoms with E-state index in [9.17, 15) is 9.59 Å². The molecule has 1 aliphatic rings. The van der Waals surface area contributed by atoms with Crippen LogP contribution in [0, 0.1) is 6.92 Å². The van der Waals surface area contributed by atoms with E-state index in [1.807, 2.05) is 25.1 Å². The zero-order chi connectivity index (χ0) is 20.5. The van der Waals surface area contributed by atoms with Gasteiger partial charge in [0.2, 0.25) is 0 Å². The first-order valence-electron chi connectivity index (χ1n) is 9.02. The molecular formula is C23H19NO4S. The van der Waals surface area contributed by atoms with Crippen LogP contribution < -0.4 is 14.4 Å². The van der Waals surface area contributed by atoms with Crippen LogP contribution in [0.2, 0.25) is 0 Å². The molecule has 0 bridgehead atoms. The number of nitrogens with zero attached hydrogens (tertiary/aromatic N) is 1. The number of benzene rings is 2. The van der Waals surface area contributed by atoms with E-state index in [1.165, 1.54) is 12.0 Å². The fourth-order valence-electron chi connectivity index (χ4n) is 3.36. The molecule has 0 saturated carbocycles. The predicted molar refractivity (Wildman–Crippen MR) is 115 cm³/mol. The summed E-state index contributed by atoms with van der Waals surface area (Å²) in [4.78, 5) is 30.1. The molecule has 5 nitrogen and oxygen atoms in total. The Morgan fingerprint density at radius 1 is 0.897 bits per heavy atom. The molecule has 0 spiro atoms. The molecule has 29 heavy (non-hydrogen) atoms. The fraction of sp³-hybridized carbons (Fsp3) is 0.130. The van der Waals surface area contributed by atoms with Crippen molar-refractivity contribution in [1.82, 2.24) is 0 Å². The van der Waals surface area contributed by atoms with Gasteiger partial charge in [-0.25, -0.2) is 4.90 Å². The summed E-state index contributed by atoms with van der Waals surface area (Å²) >= 11 is 1.59. The predicted octanol–water partition coefficient (Wildman–Crippen LogP) is 4.80. The third-order valence-electron chi connectivity index (χ3n) is 4.76. The highest BCUT2D eigenvalue weighted by Gasteiger charge is 2.37. The second kappa shape index (κ2) is 7.56. The fourth-order valence-corrected chi connectivity index (χ4v) is 4.18. The van der Waals surface area contributed by atoms with Crippen LogP contribution in [0.15, 0.2) is 54.6 Å². The zero-order valence-corrected chi connectivity index (χ0v) is 17.1. The third-order valence-corrected chi connectivity index (χ3v) is 5.71. The first-order valence-corrected chi connectivity index (χ1v) is 9.83. The number of ether oxygens (including phenoxy) is 2. The maximum atomic E-state index is 13.5. The molecule has 0 aliphatic carbocycles. The van der Waals surface area contributed by atoms with Crippen molar-refractivity contribution >= 4 is 40.5 Å². The highest BCUT2D eigenvalue weighted by atomic mass is 32.1. The molecule has 146 valence electrons. The molecule has 0 radical (unpaired) electrons. The number of thiophene rings is 1. The van der Waals surface area contributed by atoms with Crippen LogP contribution in [0.3, 0.4) is 0 Å². The van der Waals surface area contributed by atoms with Crippen molar-refractivity contribution in [2.24, 2.45) is 0 Å². The van der Waals surface area contributed by atoms with Crippen molar-refractivity contribution in [3.8, 4) is 11.5 Å². The number of carbonyl (C=O) groups is 2. The van der Waals surface area contributed by atoms with Crippen LogP contribution in [-0.4, -0.2) is 26.0 Å². The Labute approximate surface area is 172 Å². The first kappa shape index (κ1) is 19.0. The highest BCUT2D eigenvalue weighted by molar-refractivity contribution is 7.12. The van der Waals surface area contributed by atoms with Crippen molar-refractivity contribution < 1.29 is 19.1 Å². The Morgan fingerprint density at radius 3 is 2.38 bits per heavy atom. The van der Waals surface area contributed by atoms with Gasteiger partial charge in [-0.3, -0.25) is 9.59 Å². The Morgan fingerprint density at radius 2 is 1.69 bits per heavy atom. The summed E-state index contributed by atoms with van der Waals surface area (Å²) in [5, 5.41) is 0. The van der Waals surface area contributed by atoms with Gasteiger partial charge in [0.25, 0.3) is 11.8 Å². The topological polar surface area (TPSA) is 55.8 Å². The van der Waals surface area contributed by atoms with Gasteiger partial charge >= 0.3 is 0 Å². The number of imide groups is 1. The average molecular weight is 405 g/mol. The number of anilines is 1. The number of para-hydroxylation sites is 2. The lowest BCUT2D eigenvalue weighted by atomic mass is 9.92. The molecule has 6 heteroatoms. The van der Waals surface area contributed by atoms with Crippen LogP contribution in [0.5, 0.6) is 11.5 Å². The van der Waals surface area contributed by atoms with Crippen molar-refractivity contribution in [2.75, 3.05) is 19.1 Å². The number of fused-ring (bicyclic) bond motifs is 1. The molecule has 0 saturated heterocycles. The summed E-state index contributed by atoms with van der Waals surface area (Å²) in [6.45, 7) is 2.01. The van der Waals surface area contributed by atoms with Gasteiger partial charge in [-0.15, -0.1) is 11.3 Å². The van der Waals surface area contributed by atoms with E-state index < -0.39 is 5.91 Å². The van der Waals surface area contributed by atoms with Gasteiger partial charge in [0.1, 0.15) is 11.5 Å². The quantitative estimate of drug-likeness (QED) is 0.462. The lowest BCUT2D eigenvalue weighted by Crippen LogP contribution is -2.42. The minimum absolute atomic E-state index is 0.386. The van der Waals surface area contributed by atoms with E-state index in [2.05, 4.69) is 0 Å². The maximum absolute atomic E-state index is 13.5. The van der Waals surface area contributed by atoms with Crippen LogP contribution in [0.25, 0.3) is 11.6 Å². The van der Waals surface area contributed by atoms with Crippen LogP contribution in [0.4, 0.5) is 5.69 Å². The van der Waals surface area contributed by atoms with Gasteiger partial charge in [-0.2, -0.15) is 0 Å². The molecule has 0 atom stereocenters.